The van der Waals surface area contributed by atoms with Crippen molar-refractivity contribution in [3.8, 4) is 5.75 Å². The lowest BCUT2D eigenvalue weighted by atomic mass is 10.2. The zero-order valence-electron chi connectivity index (χ0n) is 9.41. The maximum Gasteiger partial charge on any atom is 0.329 e. The summed E-state index contributed by atoms with van der Waals surface area (Å²) in [6, 6.07) is 2.90. The molecule has 1 aromatic rings. The number of ether oxygens (including phenoxy) is 1. The summed E-state index contributed by atoms with van der Waals surface area (Å²) in [5.74, 6) is 0.134. The van der Waals surface area contributed by atoms with E-state index in [1.54, 1.807) is 12.1 Å². The highest BCUT2D eigenvalue weighted by Gasteiger charge is 2.30. The standard InChI is InChI=1S/C11H11ClN2O3/c1-6-3-8(9(17-2)4-7(6)12)14-5-10(15)13-11(14)16/h3-4H,5H2,1-2H3,(H,13,15,16). The first-order chi connectivity index (χ1) is 8.02. The molecular weight excluding hydrogens is 244 g/mol. The molecule has 1 aliphatic heterocycles. The van der Waals surface area contributed by atoms with E-state index in [0.29, 0.717) is 16.5 Å². The average Bonchev–Trinajstić information content (AvgIpc) is 2.61. The van der Waals surface area contributed by atoms with Crippen LogP contribution in [0.2, 0.25) is 5.02 Å². The van der Waals surface area contributed by atoms with Crippen molar-refractivity contribution < 1.29 is 14.3 Å². The Kier molecular flexibility index (Phi) is 2.93. The smallest absolute Gasteiger partial charge is 0.329 e. The van der Waals surface area contributed by atoms with Gasteiger partial charge in [-0.1, -0.05) is 11.6 Å². The highest BCUT2D eigenvalue weighted by Crippen LogP contribution is 2.34. The summed E-state index contributed by atoms with van der Waals surface area (Å²) in [6.45, 7) is 1.82. The molecule has 1 N–H and O–H groups in total. The molecule has 0 saturated carbocycles. The molecule has 1 fully saturated rings. The lowest BCUT2D eigenvalue weighted by molar-refractivity contribution is -0.117. The first-order valence-electron chi connectivity index (χ1n) is 4.98. The molecular formula is C11H11ClN2O3. The Morgan fingerprint density at radius 3 is 2.65 bits per heavy atom. The largest absolute Gasteiger partial charge is 0.495 e. The van der Waals surface area contributed by atoms with Crippen molar-refractivity contribution >= 4 is 29.2 Å². The Morgan fingerprint density at radius 1 is 1.41 bits per heavy atom. The molecule has 5 nitrogen and oxygen atoms in total. The minimum absolute atomic E-state index is 0.00370. The molecule has 3 amide bonds. The fourth-order valence-corrected chi connectivity index (χ4v) is 1.81. The topological polar surface area (TPSA) is 58.6 Å². The minimum Gasteiger partial charge on any atom is -0.495 e. The van der Waals surface area contributed by atoms with Gasteiger partial charge in [0.25, 0.3) is 0 Å². The van der Waals surface area contributed by atoms with Gasteiger partial charge in [-0.15, -0.1) is 0 Å². The Hall–Kier alpha value is -1.75. The molecule has 2 rings (SSSR count). The summed E-state index contributed by atoms with van der Waals surface area (Å²) in [6.07, 6.45) is 0. The molecule has 6 heteroatoms. The molecule has 90 valence electrons. The number of urea groups is 1. The molecule has 0 radical (unpaired) electrons. The number of carbonyl (C=O) groups is 2. The van der Waals surface area contributed by atoms with Gasteiger partial charge >= 0.3 is 6.03 Å². The number of amides is 3. The maximum absolute atomic E-state index is 11.6. The van der Waals surface area contributed by atoms with Crippen molar-refractivity contribution in [3.05, 3.63) is 22.7 Å². The van der Waals surface area contributed by atoms with E-state index in [1.165, 1.54) is 12.0 Å². The molecule has 0 aromatic heterocycles. The molecule has 17 heavy (non-hydrogen) atoms. The lowest BCUT2D eigenvalue weighted by Gasteiger charge is -2.18. The van der Waals surface area contributed by atoms with Crippen molar-refractivity contribution in [2.24, 2.45) is 0 Å². The number of hydrogen-bond donors (Lipinski definition) is 1. The SMILES string of the molecule is COc1cc(Cl)c(C)cc1N1CC(=O)NC1=O. The predicted molar refractivity (Wildman–Crippen MR) is 63.6 cm³/mol. The van der Waals surface area contributed by atoms with Crippen LogP contribution in [0, 0.1) is 6.92 Å². The van der Waals surface area contributed by atoms with Gasteiger partial charge in [0.1, 0.15) is 12.3 Å². The van der Waals surface area contributed by atoms with Gasteiger partial charge in [0.05, 0.1) is 12.8 Å². The number of hydrogen-bond acceptors (Lipinski definition) is 3. The van der Waals surface area contributed by atoms with Gasteiger partial charge in [-0.05, 0) is 18.6 Å². The highest BCUT2D eigenvalue weighted by molar-refractivity contribution is 6.31. The summed E-state index contributed by atoms with van der Waals surface area (Å²) < 4.78 is 5.16. The molecule has 0 bridgehead atoms. The van der Waals surface area contributed by atoms with E-state index in [0.717, 1.165) is 5.56 Å². The number of imide groups is 1. The van der Waals surface area contributed by atoms with Crippen molar-refractivity contribution in [1.82, 2.24) is 5.32 Å². The molecule has 0 spiro atoms. The third-order valence-electron chi connectivity index (χ3n) is 2.54. The Labute approximate surface area is 103 Å². The van der Waals surface area contributed by atoms with E-state index in [-0.39, 0.29) is 12.5 Å². The molecule has 0 aliphatic carbocycles. The van der Waals surface area contributed by atoms with E-state index >= 15 is 0 Å². The van der Waals surface area contributed by atoms with Crippen LogP contribution in [0.3, 0.4) is 0 Å². The van der Waals surface area contributed by atoms with Crippen LogP contribution in [-0.4, -0.2) is 25.6 Å². The van der Waals surface area contributed by atoms with Crippen LogP contribution in [-0.2, 0) is 4.79 Å². The zero-order chi connectivity index (χ0) is 12.6. The highest BCUT2D eigenvalue weighted by atomic mass is 35.5. The Balaban J connectivity index is 2.47. The predicted octanol–water partition coefficient (Wildman–Crippen LogP) is 1.71. The van der Waals surface area contributed by atoms with Gasteiger partial charge in [-0.2, -0.15) is 0 Å². The van der Waals surface area contributed by atoms with Crippen molar-refractivity contribution in [3.63, 3.8) is 0 Å². The number of nitrogens with one attached hydrogen (secondary N) is 1. The Bertz CT molecular complexity index is 502. The van der Waals surface area contributed by atoms with Crippen LogP contribution in [0.15, 0.2) is 12.1 Å². The van der Waals surface area contributed by atoms with Gasteiger partial charge in [0.15, 0.2) is 0 Å². The van der Waals surface area contributed by atoms with Crippen LogP contribution in [0.4, 0.5) is 10.5 Å². The summed E-state index contributed by atoms with van der Waals surface area (Å²) >= 11 is 5.97. The minimum atomic E-state index is -0.449. The van der Waals surface area contributed by atoms with Crippen molar-refractivity contribution in [2.75, 3.05) is 18.6 Å². The third-order valence-corrected chi connectivity index (χ3v) is 2.95. The summed E-state index contributed by atoms with van der Waals surface area (Å²) in [5.41, 5.74) is 1.35. The van der Waals surface area contributed by atoms with Gasteiger partial charge < -0.3 is 4.74 Å². The van der Waals surface area contributed by atoms with Gasteiger partial charge in [0, 0.05) is 11.1 Å². The molecule has 0 atom stereocenters. The number of aryl methyl sites for hydroxylation is 1. The molecule has 1 aromatic carbocycles. The number of rotatable bonds is 2. The second-order valence-electron chi connectivity index (χ2n) is 3.71. The maximum atomic E-state index is 11.6. The van der Waals surface area contributed by atoms with Crippen LogP contribution in [0.25, 0.3) is 0 Å². The first kappa shape index (κ1) is 11.7. The van der Waals surface area contributed by atoms with Gasteiger partial charge in [-0.25, -0.2) is 4.79 Å². The molecule has 1 saturated heterocycles. The molecule has 1 aliphatic rings. The second kappa shape index (κ2) is 4.25. The summed E-state index contributed by atoms with van der Waals surface area (Å²) in [5, 5.41) is 2.76. The monoisotopic (exact) mass is 254 g/mol. The van der Waals surface area contributed by atoms with E-state index in [4.69, 9.17) is 16.3 Å². The fourth-order valence-electron chi connectivity index (χ4n) is 1.66. The van der Waals surface area contributed by atoms with Crippen LogP contribution in [0.1, 0.15) is 5.56 Å². The van der Waals surface area contributed by atoms with Gasteiger partial charge in [-0.3, -0.25) is 15.0 Å². The average molecular weight is 255 g/mol. The van der Waals surface area contributed by atoms with E-state index in [1.807, 2.05) is 6.92 Å². The molecule has 1 heterocycles. The number of halogens is 1. The number of nitrogens with zero attached hydrogens (tertiary/aromatic N) is 1. The number of methoxy groups -OCH3 is 1. The first-order valence-corrected chi connectivity index (χ1v) is 5.36. The summed E-state index contributed by atoms with van der Waals surface area (Å²) in [4.78, 5) is 24.0. The van der Waals surface area contributed by atoms with Crippen LogP contribution < -0.4 is 15.0 Å². The lowest BCUT2D eigenvalue weighted by Crippen LogP contribution is -2.28. The van der Waals surface area contributed by atoms with Crippen molar-refractivity contribution in [1.29, 1.82) is 0 Å². The van der Waals surface area contributed by atoms with E-state index in [2.05, 4.69) is 5.32 Å². The van der Waals surface area contributed by atoms with Crippen molar-refractivity contribution in [2.45, 2.75) is 6.92 Å². The number of carbonyl (C=O) groups excluding carboxylic acids is 2. The van der Waals surface area contributed by atoms with Crippen LogP contribution >= 0.6 is 11.6 Å². The Morgan fingerprint density at radius 2 is 2.12 bits per heavy atom. The van der Waals surface area contributed by atoms with E-state index < -0.39 is 6.03 Å². The summed E-state index contributed by atoms with van der Waals surface area (Å²) in [7, 11) is 1.49. The quantitative estimate of drug-likeness (QED) is 0.818. The van der Waals surface area contributed by atoms with E-state index in [9.17, 15) is 9.59 Å². The van der Waals surface area contributed by atoms with Gasteiger partial charge in [0.2, 0.25) is 5.91 Å². The number of anilines is 1. The van der Waals surface area contributed by atoms with Crippen LogP contribution in [0.5, 0.6) is 5.75 Å². The third kappa shape index (κ3) is 2.06. The molecule has 0 unspecified atom stereocenters. The zero-order valence-corrected chi connectivity index (χ0v) is 10.2. The fraction of sp³-hybridized carbons (Fsp3) is 0.273. The second-order valence-corrected chi connectivity index (χ2v) is 4.12. The normalized spacial score (nSPS) is 15.1. The number of benzene rings is 1.